The molecule has 2 aliphatic rings. The van der Waals surface area contributed by atoms with Crippen LogP contribution in [0, 0.1) is 18.3 Å². The first-order valence-electron chi connectivity index (χ1n) is 8.08. The van der Waals surface area contributed by atoms with Crippen LogP contribution in [-0.4, -0.2) is 35.8 Å². The summed E-state index contributed by atoms with van der Waals surface area (Å²) in [6, 6.07) is 5.76. The Hall–Kier alpha value is -2.08. The predicted molar refractivity (Wildman–Crippen MR) is 93.3 cm³/mol. The zero-order valence-corrected chi connectivity index (χ0v) is 14.8. The first-order valence-corrected chi connectivity index (χ1v) is 8.96. The monoisotopic (exact) mass is 344 g/mol. The molecule has 0 amide bonds. The van der Waals surface area contributed by atoms with Crippen molar-refractivity contribution in [2.45, 2.75) is 26.3 Å². The Bertz CT molecular complexity index is 818. The molecule has 0 bridgehead atoms. The highest BCUT2D eigenvalue weighted by atomic mass is 32.1. The lowest BCUT2D eigenvalue weighted by Gasteiger charge is -2.27. The Labute approximate surface area is 144 Å². The summed E-state index contributed by atoms with van der Waals surface area (Å²) < 4.78 is 5.02. The van der Waals surface area contributed by atoms with Gasteiger partial charge in [0, 0.05) is 23.5 Å². The average Bonchev–Trinajstić information content (AvgIpc) is 2.96. The van der Waals surface area contributed by atoms with Crippen LogP contribution in [0.2, 0.25) is 0 Å². The second kappa shape index (κ2) is 5.21. The molecule has 5 nitrogen and oxygen atoms in total. The van der Waals surface area contributed by atoms with Gasteiger partial charge in [0.05, 0.1) is 18.2 Å². The maximum Gasteiger partial charge on any atom is 0.314 e. The summed E-state index contributed by atoms with van der Waals surface area (Å²) in [4.78, 5) is 19.1. The van der Waals surface area contributed by atoms with Crippen molar-refractivity contribution in [1.82, 2.24) is 4.98 Å². The molecular weight excluding hydrogens is 324 g/mol. The van der Waals surface area contributed by atoms with Crippen molar-refractivity contribution in [2.24, 2.45) is 11.3 Å². The SMILES string of the molecule is COC(=O)[C@@]12C[C@@H]1CN(c1nc(-c3cccc(C)c3O)cs1)[C@H]2C. The summed E-state index contributed by atoms with van der Waals surface area (Å²) in [5.74, 6) is 0.535. The maximum absolute atomic E-state index is 12.2. The van der Waals surface area contributed by atoms with Crippen LogP contribution >= 0.6 is 11.3 Å². The van der Waals surface area contributed by atoms with Gasteiger partial charge < -0.3 is 14.7 Å². The second-order valence-corrected chi connectivity index (χ2v) is 7.58. The van der Waals surface area contributed by atoms with Crippen LogP contribution in [0.15, 0.2) is 23.6 Å². The largest absolute Gasteiger partial charge is 0.507 e. The minimum absolute atomic E-state index is 0.0834. The summed E-state index contributed by atoms with van der Waals surface area (Å²) in [6.45, 7) is 4.79. The van der Waals surface area contributed by atoms with Crippen molar-refractivity contribution in [3.05, 3.63) is 29.1 Å². The zero-order chi connectivity index (χ0) is 17.1. The molecule has 0 spiro atoms. The number of methoxy groups -OCH3 is 1. The van der Waals surface area contributed by atoms with Crippen molar-refractivity contribution in [3.63, 3.8) is 0 Å². The molecule has 6 heteroatoms. The number of carbonyl (C=O) groups is 1. The fraction of sp³-hybridized carbons (Fsp3) is 0.444. The van der Waals surface area contributed by atoms with Gasteiger partial charge in [-0.25, -0.2) is 4.98 Å². The van der Waals surface area contributed by atoms with Crippen LogP contribution in [0.4, 0.5) is 5.13 Å². The van der Waals surface area contributed by atoms with Gasteiger partial charge in [-0.2, -0.15) is 0 Å². The van der Waals surface area contributed by atoms with Crippen LogP contribution in [0.1, 0.15) is 18.9 Å². The number of para-hydroxylation sites is 1. The van der Waals surface area contributed by atoms with E-state index in [1.54, 1.807) is 11.3 Å². The molecule has 2 heterocycles. The Morgan fingerprint density at radius 2 is 2.29 bits per heavy atom. The minimum atomic E-state index is -0.355. The first kappa shape index (κ1) is 15.4. The number of benzene rings is 1. The standard InChI is InChI=1S/C18H20N2O3S/c1-10-5-4-6-13(15(10)21)14-9-24-17(19-14)20-8-12-7-18(12,11(20)2)16(22)23-3/h4-6,9,11-12,21H,7-8H2,1-3H3/t11-,12+,18+/m0/s1. The number of aromatic hydroxyl groups is 1. The lowest BCUT2D eigenvalue weighted by Crippen LogP contribution is -2.38. The van der Waals surface area contributed by atoms with E-state index in [1.165, 1.54) is 7.11 Å². The number of carbonyl (C=O) groups excluding carboxylic acids is 1. The number of phenolic OH excluding ortho intramolecular Hbond substituents is 1. The molecule has 4 rings (SSSR count). The summed E-state index contributed by atoms with van der Waals surface area (Å²) in [5.41, 5.74) is 2.00. The van der Waals surface area contributed by atoms with Gasteiger partial charge >= 0.3 is 5.97 Å². The number of nitrogens with zero attached hydrogens (tertiary/aromatic N) is 2. The number of hydrogen-bond donors (Lipinski definition) is 1. The number of aryl methyl sites for hydroxylation is 1. The van der Waals surface area contributed by atoms with E-state index < -0.39 is 0 Å². The predicted octanol–water partition coefficient (Wildman–Crippen LogP) is 3.21. The highest BCUT2D eigenvalue weighted by molar-refractivity contribution is 7.14. The number of hydrogen-bond acceptors (Lipinski definition) is 6. The van der Waals surface area contributed by atoms with Crippen LogP contribution in [-0.2, 0) is 9.53 Å². The lowest BCUT2D eigenvalue weighted by atomic mass is 9.98. The minimum Gasteiger partial charge on any atom is -0.507 e. The third-order valence-corrected chi connectivity index (χ3v) is 6.48. The topological polar surface area (TPSA) is 62.7 Å². The van der Waals surface area contributed by atoms with E-state index in [2.05, 4.69) is 11.8 Å². The van der Waals surface area contributed by atoms with Crippen LogP contribution in [0.5, 0.6) is 5.75 Å². The van der Waals surface area contributed by atoms with Gasteiger partial charge in [-0.1, -0.05) is 12.1 Å². The number of anilines is 1. The number of aromatic nitrogens is 1. The van der Waals surface area contributed by atoms with Crippen LogP contribution < -0.4 is 4.90 Å². The third kappa shape index (κ3) is 1.99. The van der Waals surface area contributed by atoms with Crippen molar-refractivity contribution in [3.8, 4) is 17.0 Å². The zero-order valence-electron chi connectivity index (χ0n) is 13.9. The van der Waals surface area contributed by atoms with Crippen LogP contribution in [0.3, 0.4) is 0 Å². The maximum atomic E-state index is 12.2. The van der Waals surface area contributed by atoms with Crippen molar-refractivity contribution in [2.75, 3.05) is 18.6 Å². The number of ether oxygens (including phenoxy) is 1. The van der Waals surface area contributed by atoms with Gasteiger partial charge in [-0.15, -0.1) is 11.3 Å². The summed E-state index contributed by atoms with van der Waals surface area (Å²) in [6.07, 6.45) is 0.911. The summed E-state index contributed by atoms with van der Waals surface area (Å²) >= 11 is 1.55. The molecule has 1 N–H and O–H groups in total. The summed E-state index contributed by atoms with van der Waals surface area (Å²) in [7, 11) is 1.46. The molecule has 1 aliphatic carbocycles. The number of fused-ring (bicyclic) bond motifs is 1. The van der Waals surface area contributed by atoms with E-state index in [4.69, 9.17) is 9.72 Å². The molecule has 2 fully saturated rings. The summed E-state index contributed by atoms with van der Waals surface area (Å²) in [5, 5.41) is 13.1. The van der Waals surface area contributed by atoms with Gasteiger partial charge in [0.1, 0.15) is 5.75 Å². The second-order valence-electron chi connectivity index (χ2n) is 6.75. The van der Waals surface area contributed by atoms with E-state index >= 15 is 0 Å². The van der Waals surface area contributed by atoms with Crippen molar-refractivity contribution in [1.29, 1.82) is 0 Å². The van der Waals surface area contributed by atoms with Gasteiger partial charge in [0.25, 0.3) is 0 Å². The Morgan fingerprint density at radius 1 is 1.50 bits per heavy atom. The average molecular weight is 344 g/mol. The first-order chi connectivity index (χ1) is 11.5. The molecule has 1 aliphatic heterocycles. The van der Waals surface area contributed by atoms with E-state index in [-0.39, 0.29) is 23.2 Å². The van der Waals surface area contributed by atoms with E-state index in [1.807, 2.05) is 30.5 Å². The van der Waals surface area contributed by atoms with Crippen LogP contribution in [0.25, 0.3) is 11.3 Å². The number of piperidine rings is 1. The molecule has 3 atom stereocenters. The number of esters is 1. The quantitative estimate of drug-likeness (QED) is 0.866. The third-order valence-electron chi connectivity index (χ3n) is 5.60. The molecule has 1 aromatic carbocycles. The number of thiazole rings is 1. The van der Waals surface area contributed by atoms with E-state index in [9.17, 15) is 9.90 Å². The molecule has 2 aromatic rings. The molecule has 126 valence electrons. The molecule has 1 saturated carbocycles. The molecular formula is C18H20N2O3S. The Kier molecular flexibility index (Phi) is 3.35. The highest BCUT2D eigenvalue weighted by Crippen LogP contribution is 2.63. The fourth-order valence-electron chi connectivity index (χ4n) is 4.00. The van der Waals surface area contributed by atoms with Crippen molar-refractivity contribution < 1.29 is 14.6 Å². The molecule has 1 aromatic heterocycles. The van der Waals surface area contributed by atoms with E-state index in [0.29, 0.717) is 5.92 Å². The smallest absolute Gasteiger partial charge is 0.314 e. The number of phenols is 1. The fourth-order valence-corrected chi connectivity index (χ4v) is 4.92. The van der Waals surface area contributed by atoms with Gasteiger partial charge in [-0.3, -0.25) is 4.79 Å². The normalized spacial score (nSPS) is 27.9. The number of rotatable bonds is 3. The molecule has 0 unspecified atom stereocenters. The van der Waals surface area contributed by atoms with Gasteiger partial charge in [0.15, 0.2) is 5.13 Å². The lowest BCUT2D eigenvalue weighted by molar-refractivity contribution is -0.147. The highest BCUT2D eigenvalue weighted by Gasteiger charge is 2.70. The Balaban J connectivity index is 1.63. The molecule has 0 radical (unpaired) electrons. The van der Waals surface area contributed by atoms with Crippen molar-refractivity contribution >= 4 is 22.4 Å². The molecule has 1 saturated heterocycles. The van der Waals surface area contributed by atoms with E-state index in [0.717, 1.165) is 34.9 Å². The Morgan fingerprint density at radius 3 is 3.04 bits per heavy atom. The van der Waals surface area contributed by atoms with Gasteiger partial charge in [-0.05, 0) is 37.8 Å². The molecule has 24 heavy (non-hydrogen) atoms. The van der Waals surface area contributed by atoms with Gasteiger partial charge in [0.2, 0.25) is 0 Å².